The number of carbonyl (C=O) groups excluding carboxylic acids is 1. The number of hydrogen-bond acceptors (Lipinski definition) is 5. The fourth-order valence-corrected chi connectivity index (χ4v) is 3.30. The standard InChI is InChI=1S/C16H25N7O/c1-16(2,3)23-13(18-10-20-23)9-17-11-8-14(24)21(4)15(11)12-6-7-19-22(12)5/h6-7,10-11,15,17H,8-9H2,1-5H3/t11-,15-/m1/s1. The molecule has 24 heavy (non-hydrogen) atoms. The summed E-state index contributed by atoms with van der Waals surface area (Å²) in [5.41, 5.74) is 0.898. The molecule has 0 aromatic carbocycles. The summed E-state index contributed by atoms with van der Waals surface area (Å²) in [6, 6.07) is 1.95. The van der Waals surface area contributed by atoms with Crippen molar-refractivity contribution in [2.45, 2.75) is 51.4 Å². The van der Waals surface area contributed by atoms with E-state index in [1.807, 2.05) is 29.5 Å². The fourth-order valence-electron chi connectivity index (χ4n) is 3.30. The Labute approximate surface area is 141 Å². The monoisotopic (exact) mass is 331 g/mol. The highest BCUT2D eigenvalue weighted by Gasteiger charge is 2.39. The highest BCUT2D eigenvalue weighted by atomic mass is 16.2. The normalized spacial score (nSPS) is 21.7. The van der Waals surface area contributed by atoms with E-state index in [0.717, 1.165) is 11.5 Å². The van der Waals surface area contributed by atoms with Crippen LogP contribution in [0.5, 0.6) is 0 Å². The van der Waals surface area contributed by atoms with Gasteiger partial charge in [0, 0.05) is 32.8 Å². The maximum Gasteiger partial charge on any atom is 0.224 e. The first-order valence-electron chi connectivity index (χ1n) is 8.15. The van der Waals surface area contributed by atoms with E-state index in [0.29, 0.717) is 13.0 Å². The Balaban J connectivity index is 1.78. The molecule has 2 aromatic heterocycles. The molecule has 1 aliphatic rings. The van der Waals surface area contributed by atoms with Crippen molar-refractivity contribution in [1.82, 2.24) is 34.8 Å². The lowest BCUT2D eigenvalue weighted by atomic mass is 10.1. The van der Waals surface area contributed by atoms with Crippen molar-refractivity contribution < 1.29 is 4.79 Å². The second-order valence-corrected chi connectivity index (χ2v) is 7.28. The van der Waals surface area contributed by atoms with Crippen molar-refractivity contribution in [2.75, 3.05) is 7.05 Å². The van der Waals surface area contributed by atoms with Crippen molar-refractivity contribution in [3.8, 4) is 0 Å². The van der Waals surface area contributed by atoms with Gasteiger partial charge in [0.25, 0.3) is 0 Å². The van der Waals surface area contributed by atoms with Gasteiger partial charge < -0.3 is 10.2 Å². The molecule has 130 valence electrons. The van der Waals surface area contributed by atoms with Crippen LogP contribution >= 0.6 is 0 Å². The van der Waals surface area contributed by atoms with Crippen molar-refractivity contribution in [3.63, 3.8) is 0 Å². The number of amides is 1. The molecule has 3 heterocycles. The number of hydrogen-bond donors (Lipinski definition) is 1. The van der Waals surface area contributed by atoms with Crippen LogP contribution in [0.15, 0.2) is 18.6 Å². The third kappa shape index (κ3) is 2.93. The summed E-state index contributed by atoms with van der Waals surface area (Å²) in [5.74, 6) is 1.00. The molecule has 2 aromatic rings. The Morgan fingerprint density at radius 1 is 1.29 bits per heavy atom. The molecular formula is C16H25N7O. The maximum atomic E-state index is 12.2. The molecule has 0 spiro atoms. The smallest absolute Gasteiger partial charge is 0.224 e. The van der Waals surface area contributed by atoms with Crippen molar-refractivity contribution in [3.05, 3.63) is 30.1 Å². The van der Waals surface area contributed by atoms with Gasteiger partial charge in [0.2, 0.25) is 5.91 Å². The van der Waals surface area contributed by atoms with E-state index in [-0.39, 0.29) is 23.5 Å². The van der Waals surface area contributed by atoms with Crippen molar-refractivity contribution in [1.29, 1.82) is 0 Å². The van der Waals surface area contributed by atoms with E-state index < -0.39 is 0 Å². The minimum Gasteiger partial charge on any atom is -0.336 e. The van der Waals surface area contributed by atoms with Gasteiger partial charge in [0.05, 0.1) is 23.8 Å². The highest BCUT2D eigenvalue weighted by Crippen LogP contribution is 2.31. The molecule has 8 nitrogen and oxygen atoms in total. The van der Waals surface area contributed by atoms with E-state index in [9.17, 15) is 4.79 Å². The summed E-state index contributed by atoms with van der Waals surface area (Å²) in [6.07, 6.45) is 3.81. The third-order valence-electron chi connectivity index (χ3n) is 4.52. The molecule has 8 heteroatoms. The Morgan fingerprint density at radius 3 is 2.67 bits per heavy atom. The second-order valence-electron chi connectivity index (χ2n) is 7.28. The lowest BCUT2D eigenvalue weighted by Gasteiger charge is -2.26. The molecule has 0 aliphatic carbocycles. The van der Waals surface area contributed by atoms with Gasteiger partial charge in [0.1, 0.15) is 12.2 Å². The minimum atomic E-state index is -0.128. The van der Waals surface area contributed by atoms with Crippen molar-refractivity contribution in [2.24, 2.45) is 7.05 Å². The average Bonchev–Trinajstić information content (AvgIpc) is 3.18. The molecule has 1 aliphatic heterocycles. The Morgan fingerprint density at radius 2 is 2.04 bits per heavy atom. The predicted octanol–water partition coefficient (Wildman–Crippen LogP) is 0.828. The van der Waals surface area contributed by atoms with Crippen LogP contribution in [0.25, 0.3) is 0 Å². The van der Waals surface area contributed by atoms with Gasteiger partial charge in [-0.3, -0.25) is 9.48 Å². The number of rotatable bonds is 4. The zero-order valence-corrected chi connectivity index (χ0v) is 14.9. The lowest BCUT2D eigenvalue weighted by molar-refractivity contribution is -0.127. The maximum absolute atomic E-state index is 12.2. The first-order valence-corrected chi connectivity index (χ1v) is 8.15. The molecule has 0 radical (unpaired) electrons. The van der Waals surface area contributed by atoms with Crippen molar-refractivity contribution >= 4 is 5.91 Å². The molecule has 0 bridgehead atoms. The van der Waals surface area contributed by atoms with Gasteiger partial charge in [-0.15, -0.1) is 0 Å². The molecule has 1 N–H and O–H groups in total. The summed E-state index contributed by atoms with van der Waals surface area (Å²) in [5, 5.41) is 12.1. The van der Waals surface area contributed by atoms with Crippen LogP contribution < -0.4 is 5.32 Å². The summed E-state index contributed by atoms with van der Waals surface area (Å²) < 4.78 is 3.74. The quantitative estimate of drug-likeness (QED) is 0.897. The number of nitrogens with zero attached hydrogens (tertiary/aromatic N) is 6. The Hall–Kier alpha value is -2.22. The van der Waals surface area contributed by atoms with Crippen LogP contribution in [-0.4, -0.2) is 48.4 Å². The molecular weight excluding hydrogens is 306 g/mol. The largest absolute Gasteiger partial charge is 0.336 e. The predicted molar refractivity (Wildman–Crippen MR) is 89.0 cm³/mol. The van der Waals surface area contributed by atoms with Gasteiger partial charge in [-0.2, -0.15) is 10.2 Å². The summed E-state index contributed by atoms with van der Waals surface area (Å²) in [6.45, 7) is 6.85. The number of likely N-dealkylation sites (tertiary alicyclic amines) is 1. The number of likely N-dealkylation sites (N-methyl/N-ethyl adjacent to an activating group) is 1. The van der Waals surface area contributed by atoms with Gasteiger partial charge in [-0.25, -0.2) is 9.67 Å². The zero-order valence-electron chi connectivity index (χ0n) is 14.9. The first-order chi connectivity index (χ1) is 11.3. The van der Waals surface area contributed by atoms with Gasteiger partial charge >= 0.3 is 0 Å². The minimum absolute atomic E-state index is 0.0167. The van der Waals surface area contributed by atoms with Crippen LogP contribution in [-0.2, 0) is 23.9 Å². The zero-order chi connectivity index (χ0) is 17.5. The fraction of sp³-hybridized carbons (Fsp3) is 0.625. The van der Waals surface area contributed by atoms with Gasteiger partial charge in [0.15, 0.2) is 0 Å². The molecule has 3 rings (SSSR count). The first kappa shape index (κ1) is 16.6. The van der Waals surface area contributed by atoms with Crippen LogP contribution in [0.2, 0.25) is 0 Å². The molecule has 1 saturated heterocycles. The number of aryl methyl sites for hydroxylation is 1. The Kier molecular flexibility index (Phi) is 4.16. The van der Waals surface area contributed by atoms with Gasteiger partial charge in [-0.05, 0) is 26.8 Å². The lowest BCUT2D eigenvalue weighted by Crippen LogP contribution is -2.37. The second kappa shape index (κ2) is 6.01. The number of nitrogens with one attached hydrogen (secondary N) is 1. The summed E-state index contributed by atoms with van der Waals surface area (Å²) in [4.78, 5) is 18.4. The highest BCUT2D eigenvalue weighted by molar-refractivity contribution is 5.80. The van der Waals surface area contributed by atoms with Crippen LogP contribution in [0.1, 0.15) is 44.8 Å². The molecule has 1 amide bonds. The van der Waals surface area contributed by atoms with E-state index in [2.05, 4.69) is 41.3 Å². The van der Waals surface area contributed by atoms with Crippen LogP contribution in [0.3, 0.4) is 0 Å². The van der Waals surface area contributed by atoms with E-state index in [1.165, 1.54) is 0 Å². The van der Waals surface area contributed by atoms with Crippen LogP contribution in [0, 0.1) is 0 Å². The average molecular weight is 331 g/mol. The Bertz CT molecular complexity index is 727. The molecule has 2 atom stereocenters. The molecule has 0 unspecified atom stereocenters. The number of aromatic nitrogens is 5. The summed E-state index contributed by atoms with van der Waals surface area (Å²) >= 11 is 0. The molecule has 0 saturated carbocycles. The van der Waals surface area contributed by atoms with Crippen LogP contribution in [0.4, 0.5) is 0 Å². The SMILES string of the molecule is CN1C(=O)C[C@@H](NCc2ncnn2C(C)(C)C)[C@@H]1c1ccnn1C. The molecule has 1 fully saturated rings. The van der Waals surface area contributed by atoms with E-state index >= 15 is 0 Å². The third-order valence-corrected chi connectivity index (χ3v) is 4.52. The van der Waals surface area contributed by atoms with E-state index in [4.69, 9.17) is 0 Å². The summed E-state index contributed by atoms with van der Waals surface area (Å²) in [7, 11) is 3.75. The number of carbonyl (C=O) groups is 1. The van der Waals surface area contributed by atoms with Gasteiger partial charge in [-0.1, -0.05) is 0 Å². The van der Waals surface area contributed by atoms with E-state index in [1.54, 1.807) is 17.4 Å². The topological polar surface area (TPSA) is 80.9 Å².